The van der Waals surface area contributed by atoms with E-state index in [1.54, 1.807) is 30.7 Å². The van der Waals surface area contributed by atoms with Gasteiger partial charge in [-0.1, -0.05) is 12.1 Å². The molecule has 1 aromatic heterocycles. The number of benzene rings is 1. The molecule has 0 fully saturated rings. The van der Waals surface area contributed by atoms with Gasteiger partial charge in [0.05, 0.1) is 31.4 Å². The third-order valence-corrected chi connectivity index (χ3v) is 3.06. The maximum Gasteiger partial charge on any atom is 0.330 e. The molecule has 4 nitrogen and oxygen atoms in total. The summed E-state index contributed by atoms with van der Waals surface area (Å²) in [6.45, 7) is 1.98. The molecule has 0 N–H and O–H groups in total. The van der Waals surface area contributed by atoms with Gasteiger partial charge in [0, 0.05) is 6.08 Å². The number of rotatable bonds is 4. The number of halogens is 1. The van der Waals surface area contributed by atoms with Crippen LogP contribution in [0, 0.1) is 5.82 Å². The van der Waals surface area contributed by atoms with Gasteiger partial charge >= 0.3 is 5.97 Å². The zero-order valence-electron chi connectivity index (χ0n) is 11.3. The zero-order chi connectivity index (χ0) is 14.5. The molecule has 1 heterocycles. The number of ether oxygens (including phenoxy) is 1. The van der Waals surface area contributed by atoms with Crippen LogP contribution in [0.15, 0.2) is 42.9 Å². The first-order valence-corrected chi connectivity index (χ1v) is 6.15. The fourth-order valence-corrected chi connectivity index (χ4v) is 1.89. The lowest BCUT2D eigenvalue weighted by Gasteiger charge is -2.15. The average Bonchev–Trinajstić information content (AvgIpc) is 2.93. The summed E-state index contributed by atoms with van der Waals surface area (Å²) in [5.41, 5.74) is 1.73. The van der Waals surface area contributed by atoms with E-state index in [9.17, 15) is 9.18 Å². The van der Waals surface area contributed by atoms with Crippen molar-refractivity contribution in [3.8, 4) is 0 Å². The van der Waals surface area contributed by atoms with Crippen LogP contribution in [-0.4, -0.2) is 22.6 Å². The standard InChI is InChI=1S/C15H15FN2O2/c1-11(12-3-5-13(16)6-4-12)18-10-17-9-14(18)7-8-15(19)20-2/h3-11H,1-2H3/b8-7+. The van der Waals surface area contributed by atoms with Crippen LogP contribution in [0.4, 0.5) is 4.39 Å². The first-order chi connectivity index (χ1) is 9.61. The highest BCUT2D eigenvalue weighted by Crippen LogP contribution is 2.20. The molecule has 0 bridgehead atoms. The van der Waals surface area contributed by atoms with E-state index in [0.717, 1.165) is 11.3 Å². The van der Waals surface area contributed by atoms with Gasteiger partial charge in [-0.05, 0) is 30.7 Å². The predicted molar refractivity (Wildman–Crippen MR) is 73.5 cm³/mol. The summed E-state index contributed by atoms with van der Waals surface area (Å²) in [6.07, 6.45) is 6.30. The minimum atomic E-state index is -0.424. The van der Waals surface area contributed by atoms with Crippen LogP contribution >= 0.6 is 0 Å². The largest absolute Gasteiger partial charge is 0.466 e. The van der Waals surface area contributed by atoms with Crippen LogP contribution in [0.25, 0.3) is 6.08 Å². The second kappa shape index (κ2) is 6.14. The second-order valence-electron chi connectivity index (χ2n) is 4.31. The van der Waals surface area contributed by atoms with E-state index < -0.39 is 5.97 Å². The fourth-order valence-electron chi connectivity index (χ4n) is 1.89. The fraction of sp³-hybridized carbons (Fsp3) is 0.200. The van der Waals surface area contributed by atoms with Gasteiger partial charge in [-0.15, -0.1) is 0 Å². The van der Waals surface area contributed by atoms with Gasteiger partial charge in [-0.3, -0.25) is 0 Å². The summed E-state index contributed by atoms with van der Waals surface area (Å²) in [7, 11) is 1.32. The monoisotopic (exact) mass is 274 g/mol. The summed E-state index contributed by atoms with van der Waals surface area (Å²) in [6, 6.07) is 6.29. The highest BCUT2D eigenvalue weighted by atomic mass is 19.1. The Morgan fingerprint density at radius 1 is 1.40 bits per heavy atom. The molecule has 20 heavy (non-hydrogen) atoms. The first-order valence-electron chi connectivity index (χ1n) is 6.15. The molecule has 0 aliphatic rings. The van der Waals surface area contributed by atoms with Crippen molar-refractivity contribution in [3.63, 3.8) is 0 Å². The molecule has 1 atom stereocenters. The number of esters is 1. The van der Waals surface area contributed by atoms with Crippen LogP contribution < -0.4 is 0 Å². The zero-order valence-corrected chi connectivity index (χ0v) is 11.3. The summed E-state index contributed by atoms with van der Waals surface area (Å²) in [4.78, 5) is 15.2. The summed E-state index contributed by atoms with van der Waals surface area (Å²) >= 11 is 0. The van der Waals surface area contributed by atoms with Gasteiger partial charge in [0.2, 0.25) is 0 Å². The van der Waals surface area contributed by atoms with Crippen molar-refractivity contribution in [2.75, 3.05) is 7.11 Å². The highest BCUT2D eigenvalue weighted by Gasteiger charge is 2.10. The van der Waals surface area contributed by atoms with Crippen molar-refractivity contribution in [1.82, 2.24) is 9.55 Å². The Balaban J connectivity index is 2.25. The van der Waals surface area contributed by atoms with Crippen LogP contribution in [0.2, 0.25) is 0 Å². The van der Waals surface area contributed by atoms with Crippen LogP contribution in [0.3, 0.4) is 0 Å². The van der Waals surface area contributed by atoms with E-state index in [0.29, 0.717) is 0 Å². The number of imidazole rings is 1. The van der Waals surface area contributed by atoms with Crippen LogP contribution in [0.1, 0.15) is 24.2 Å². The predicted octanol–water partition coefficient (Wildman–Crippen LogP) is 2.82. The number of hydrogen-bond donors (Lipinski definition) is 0. The summed E-state index contributed by atoms with van der Waals surface area (Å²) < 4.78 is 19.4. The van der Waals surface area contributed by atoms with Gasteiger partial charge in [-0.2, -0.15) is 0 Å². The van der Waals surface area contributed by atoms with E-state index in [2.05, 4.69) is 9.72 Å². The Hall–Kier alpha value is -2.43. The molecule has 0 aliphatic heterocycles. The lowest BCUT2D eigenvalue weighted by molar-refractivity contribution is -0.134. The maximum atomic E-state index is 12.9. The van der Waals surface area contributed by atoms with E-state index in [1.807, 2.05) is 11.5 Å². The van der Waals surface area contributed by atoms with E-state index in [-0.39, 0.29) is 11.9 Å². The molecule has 1 aromatic carbocycles. The number of methoxy groups -OCH3 is 1. The van der Waals surface area contributed by atoms with Crippen molar-refractivity contribution < 1.29 is 13.9 Å². The van der Waals surface area contributed by atoms with E-state index in [4.69, 9.17) is 0 Å². The number of nitrogens with zero attached hydrogens (tertiary/aromatic N) is 2. The molecule has 0 radical (unpaired) electrons. The molecule has 2 aromatic rings. The lowest BCUT2D eigenvalue weighted by Crippen LogP contribution is -2.07. The molecule has 1 unspecified atom stereocenters. The minimum absolute atomic E-state index is 0.0182. The molecule has 2 rings (SSSR count). The number of carbonyl (C=O) groups is 1. The maximum absolute atomic E-state index is 12.9. The van der Waals surface area contributed by atoms with Gasteiger partial charge < -0.3 is 9.30 Å². The Labute approximate surface area is 116 Å². The Kier molecular flexibility index (Phi) is 4.30. The number of aromatic nitrogens is 2. The summed E-state index contributed by atoms with van der Waals surface area (Å²) in [5.74, 6) is -0.690. The van der Waals surface area contributed by atoms with E-state index in [1.165, 1.54) is 25.3 Å². The number of carbonyl (C=O) groups excluding carboxylic acids is 1. The smallest absolute Gasteiger partial charge is 0.330 e. The molecular formula is C15H15FN2O2. The van der Waals surface area contributed by atoms with Crippen molar-refractivity contribution >= 4 is 12.0 Å². The molecular weight excluding hydrogens is 259 g/mol. The van der Waals surface area contributed by atoms with Crippen LogP contribution in [-0.2, 0) is 9.53 Å². The SMILES string of the molecule is COC(=O)/C=C/c1cncn1C(C)c1ccc(F)cc1. The molecule has 0 aliphatic carbocycles. The van der Waals surface area contributed by atoms with Gasteiger partial charge in [0.25, 0.3) is 0 Å². The second-order valence-corrected chi connectivity index (χ2v) is 4.31. The molecule has 0 spiro atoms. The topological polar surface area (TPSA) is 44.1 Å². The third-order valence-electron chi connectivity index (χ3n) is 3.06. The van der Waals surface area contributed by atoms with Crippen molar-refractivity contribution in [2.24, 2.45) is 0 Å². The first kappa shape index (κ1) is 14.0. The average molecular weight is 274 g/mol. The Bertz CT molecular complexity index is 617. The van der Waals surface area contributed by atoms with Crippen molar-refractivity contribution in [1.29, 1.82) is 0 Å². The quantitative estimate of drug-likeness (QED) is 0.636. The third kappa shape index (κ3) is 3.12. The number of hydrogen-bond acceptors (Lipinski definition) is 3. The molecule has 0 saturated carbocycles. The minimum Gasteiger partial charge on any atom is -0.466 e. The normalized spacial score (nSPS) is 12.6. The summed E-state index contributed by atoms with van der Waals surface area (Å²) in [5, 5.41) is 0. The molecule has 104 valence electrons. The highest BCUT2D eigenvalue weighted by molar-refractivity contribution is 5.86. The van der Waals surface area contributed by atoms with Gasteiger partial charge in [0.1, 0.15) is 5.82 Å². The lowest BCUT2D eigenvalue weighted by atomic mass is 10.1. The van der Waals surface area contributed by atoms with E-state index >= 15 is 0 Å². The Morgan fingerprint density at radius 2 is 2.10 bits per heavy atom. The van der Waals surface area contributed by atoms with Crippen molar-refractivity contribution in [2.45, 2.75) is 13.0 Å². The van der Waals surface area contributed by atoms with Gasteiger partial charge in [0.15, 0.2) is 0 Å². The van der Waals surface area contributed by atoms with Crippen molar-refractivity contribution in [3.05, 3.63) is 59.9 Å². The Morgan fingerprint density at radius 3 is 2.75 bits per heavy atom. The molecule has 0 saturated heterocycles. The van der Waals surface area contributed by atoms with Gasteiger partial charge in [-0.25, -0.2) is 14.2 Å². The van der Waals surface area contributed by atoms with Crippen LogP contribution in [0.5, 0.6) is 0 Å². The molecule has 0 amide bonds. The molecule has 5 heteroatoms.